The van der Waals surface area contributed by atoms with Crippen LogP contribution in [0, 0.1) is 11.8 Å². The molecule has 3 heteroatoms. The van der Waals surface area contributed by atoms with E-state index in [9.17, 15) is 4.79 Å². The molecule has 130 valence electrons. The Balaban J connectivity index is 1.47. The van der Waals surface area contributed by atoms with Gasteiger partial charge < -0.3 is 9.73 Å². The number of rotatable bonds is 4. The number of carbonyl (C=O) groups excluding carboxylic acids is 1. The molecule has 2 aromatic carbocycles. The van der Waals surface area contributed by atoms with Gasteiger partial charge in [-0.1, -0.05) is 38.0 Å². The third-order valence-corrected chi connectivity index (χ3v) is 5.56. The molecule has 0 unspecified atom stereocenters. The zero-order valence-electron chi connectivity index (χ0n) is 14.8. The van der Waals surface area contributed by atoms with Crippen molar-refractivity contribution in [3.8, 4) is 0 Å². The number of carbonyl (C=O) groups is 1. The highest BCUT2D eigenvalue weighted by atomic mass is 16.3. The number of benzene rings is 2. The minimum Gasteiger partial charge on any atom is -0.456 e. The van der Waals surface area contributed by atoms with Gasteiger partial charge in [0, 0.05) is 28.4 Å². The maximum atomic E-state index is 12.6. The molecule has 0 radical (unpaired) electrons. The van der Waals surface area contributed by atoms with Gasteiger partial charge in [0.05, 0.1) is 0 Å². The molecule has 0 atom stereocenters. The van der Waals surface area contributed by atoms with Crippen LogP contribution in [0.5, 0.6) is 0 Å². The summed E-state index contributed by atoms with van der Waals surface area (Å²) < 4.78 is 5.91. The molecular formula is C22H25NO2. The number of hydrogen-bond acceptors (Lipinski definition) is 2. The molecular weight excluding hydrogens is 310 g/mol. The normalized spacial score (nSPS) is 20.8. The smallest absolute Gasteiger partial charge is 0.227 e. The fraction of sp³-hybridized carbons (Fsp3) is 0.409. The number of para-hydroxylation sites is 1. The second kappa shape index (κ2) is 6.91. The Morgan fingerprint density at radius 2 is 1.80 bits per heavy atom. The average molecular weight is 335 g/mol. The van der Waals surface area contributed by atoms with Crippen molar-refractivity contribution in [2.45, 2.75) is 45.4 Å². The van der Waals surface area contributed by atoms with Crippen LogP contribution in [0.4, 0.5) is 5.69 Å². The van der Waals surface area contributed by atoms with Crippen molar-refractivity contribution in [1.82, 2.24) is 0 Å². The molecule has 3 nitrogen and oxygen atoms in total. The average Bonchev–Trinajstić information content (AvgIpc) is 3.00. The van der Waals surface area contributed by atoms with E-state index < -0.39 is 0 Å². The summed E-state index contributed by atoms with van der Waals surface area (Å²) in [6.07, 6.45) is 6.96. The summed E-state index contributed by atoms with van der Waals surface area (Å²) in [6.45, 7) is 2.24. The zero-order chi connectivity index (χ0) is 17.2. The predicted octanol–water partition coefficient (Wildman–Crippen LogP) is 6.13. The minimum atomic E-state index is 0.152. The second-order valence-electron chi connectivity index (χ2n) is 7.30. The van der Waals surface area contributed by atoms with E-state index in [2.05, 4.69) is 18.3 Å². The van der Waals surface area contributed by atoms with Crippen LogP contribution >= 0.6 is 0 Å². The lowest BCUT2D eigenvalue weighted by molar-refractivity contribution is -0.121. The van der Waals surface area contributed by atoms with Crippen molar-refractivity contribution in [1.29, 1.82) is 0 Å². The van der Waals surface area contributed by atoms with Gasteiger partial charge in [0.15, 0.2) is 0 Å². The molecule has 1 aliphatic rings. The van der Waals surface area contributed by atoms with Crippen LogP contribution in [0.25, 0.3) is 21.9 Å². The molecule has 0 bridgehead atoms. The Kier molecular flexibility index (Phi) is 4.48. The largest absolute Gasteiger partial charge is 0.456 e. The molecule has 1 heterocycles. The van der Waals surface area contributed by atoms with Crippen molar-refractivity contribution < 1.29 is 9.21 Å². The number of fused-ring (bicyclic) bond motifs is 3. The van der Waals surface area contributed by atoms with Gasteiger partial charge in [-0.05, 0) is 49.8 Å². The third kappa shape index (κ3) is 3.28. The summed E-state index contributed by atoms with van der Waals surface area (Å²) in [6, 6.07) is 14.0. The van der Waals surface area contributed by atoms with E-state index in [0.717, 1.165) is 46.4 Å². The molecule has 0 spiro atoms. The highest BCUT2D eigenvalue weighted by molar-refractivity contribution is 6.06. The fourth-order valence-corrected chi connectivity index (χ4v) is 4.17. The van der Waals surface area contributed by atoms with Crippen molar-refractivity contribution in [3.05, 3.63) is 42.5 Å². The van der Waals surface area contributed by atoms with Crippen LogP contribution in [0.1, 0.15) is 45.4 Å². The van der Waals surface area contributed by atoms with Crippen molar-refractivity contribution in [3.63, 3.8) is 0 Å². The molecule has 0 aliphatic heterocycles. The summed E-state index contributed by atoms with van der Waals surface area (Å²) in [5.41, 5.74) is 2.54. The molecule has 1 N–H and O–H groups in total. The summed E-state index contributed by atoms with van der Waals surface area (Å²) >= 11 is 0. The van der Waals surface area contributed by atoms with E-state index in [1.54, 1.807) is 0 Å². The Labute approximate surface area is 148 Å². The SMILES string of the molecule is CCCC1CCC(C(=O)Nc2ccc3c(c2)oc2ccccc23)CC1. The number of furan rings is 1. The highest BCUT2D eigenvalue weighted by Gasteiger charge is 2.26. The summed E-state index contributed by atoms with van der Waals surface area (Å²) in [4.78, 5) is 12.6. The van der Waals surface area contributed by atoms with Crippen molar-refractivity contribution in [2.75, 3.05) is 5.32 Å². The Bertz CT molecular complexity index is 887. The van der Waals surface area contributed by atoms with Crippen LogP contribution in [-0.2, 0) is 4.79 Å². The lowest BCUT2D eigenvalue weighted by Gasteiger charge is -2.27. The molecule has 0 saturated heterocycles. The van der Waals surface area contributed by atoms with Crippen LogP contribution in [0.15, 0.2) is 46.9 Å². The molecule has 3 aromatic rings. The lowest BCUT2D eigenvalue weighted by atomic mass is 9.80. The van der Waals surface area contributed by atoms with Crippen LogP contribution in [-0.4, -0.2) is 5.91 Å². The highest BCUT2D eigenvalue weighted by Crippen LogP contribution is 2.33. The first-order valence-electron chi connectivity index (χ1n) is 9.46. The van der Waals surface area contributed by atoms with E-state index in [0.29, 0.717) is 0 Å². The monoisotopic (exact) mass is 335 g/mol. The first-order valence-corrected chi connectivity index (χ1v) is 9.46. The summed E-state index contributed by atoms with van der Waals surface area (Å²) in [5.74, 6) is 1.13. The summed E-state index contributed by atoms with van der Waals surface area (Å²) in [7, 11) is 0. The lowest BCUT2D eigenvalue weighted by Crippen LogP contribution is -2.27. The molecule has 4 rings (SSSR count). The fourth-order valence-electron chi connectivity index (χ4n) is 4.17. The van der Waals surface area contributed by atoms with Gasteiger partial charge in [0.25, 0.3) is 0 Å². The van der Waals surface area contributed by atoms with E-state index in [4.69, 9.17) is 4.42 Å². The molecule has 1 fully saturated rings. The Hall–Kier alpha value is -2.29. The maximum Gasteiger partial charge on any atom is 0.227 e. The quantitative estimate of drug-likeness (QED) is 0.623. The number of nitrogens with one attached hydrogen (secondary N) is 1. The van der Waals surface area contributed by atoms with Gasteiger partial charge in [-0.3, -0.25) is 4.79 Å². The second-order valence-corrected chi connectivity index (χ2v) is 7.30. The van der Waals surface area contributed by atoms with Crippen LogP contribution < -0.4 is 5.32 Å². The minimum absolute atomic E-state index is 0.152. The first-order chi connectivity index (χ1) is 12.2. The van der Waals surface area contributed by atoms with Crippen molar-refractivity contribution >= 4 is 33.5 Å². The van der Waals surface area contributed by atoms with Crippen molar-refractivity contribution in [2.24, 2.45) is 11.8 Å². The van der Waals surface area contributed by atoms with E-state index in [-0.39, 0.29) is 11.8 Å². The predicted molar refractivity (Wildman–Crippen MR) is 103 cm³/mol. The van der Waals surface area contributed by atoms with E-state index in [1.807, 2.05) is 36.4 Å². The maximum absolute atomic E-state index is 12.6. The van der Waals surface area contributed by atoms with Gasteiger partial charge in [-0.15, -0.1) is 0 Å². The van der Waals surface area contributed by atoms with Crippen LogP contribution in [0.2, 0.25) is 0 Å². The molecule has 1 aromatic heterocycles. The van der Waals surface area contributed by atoms with E-state index in [1.165, 1.54) is 25.7 Å². The van der Waals surface area contributed by atoms with Gasteiger partial charge in [-0.2, -0.15) is 0 Å². The Morgan fingerprint density at radius 1 is 1.04 bits per heavy atom. The topological polar surface area (TPSA) is 42.2 Å². The van der Waals surface area contributed by atoms with Gasteiger partial charge >= 0.3 is 0 Å². The first kappa shape index (κ1) is 16.2. The van der Waals surface area contributed by atoms with Gasteiger partial charge in [0.2, 0.25) is 5.91 Å². The standard InChI is InChI=1S/C22H25NO2/c1-2-5-15-8-10-16(11-9-15)22(24)23-17-12-13-19-18-6-3-4-7-20(18)25-21(19)14-17/h3-4,6-7,12-16H,2,5,8-11H2,1H3,(H,23,24). The van der Waals surface area contributed by atoms with Gasteiger partial charge in [-0.25, -0.2) is 0 Å². The van der Waals surface area contributed by atoms with Gasteiger partial charge in [0.1, 0.15) is 11.2 Å². The molecule has 1 saturated carbocycles. The molecule has 1 amide bonds. The number of anilines is 1. The zero-order valence-corrected chi connectivity index (χ0v) is 14.8. The third-order valence-electron chi connectivity index (χ3n) is 5.56. The molecule has 25 heavy (non-hydrogen) atoms. The van der Waals surface area contributed by atoms with E-state index >= 15 is 0 Å². The summed E-state index contributed by atoms with van der Waals surface area (Å²) in [5, 5.41) is 5.30. The van der Waals surface area contributed by atoms with Crippen LogP contribution in [0.3, 0.4) is 0 Å². The number of amides is 1. The Morgan fingerprint density at radius 3 is 2.60 bits per heavy atom. The number of hydrogen-bond donors (Lipinski definition) is 1. The molecule has 1 aliphatic carbocycles.